The predicted octanol–water partition coefficient (Wildman–Crippen LogP) is 3.39. The van der Waals surface area contributed by atoms with Gasteiger partial charge in [-0.05, 0) is 36.6 Å². The first-order chi connectivity index (χ1) is 9.10. The molecule has 1 heterocycles. The van der Waals surface area contributed by atoms with E-state index in [-0.39, 0.29) is 11.9 Å². The van der Waals surface area contributed by atoms with Crippen molar-refractivity contribution in [2.24, 2.45) is 5.73 Å². The Balaban J connectivity index is 2.20. The van der Waals surface area contributed by atoms with Crippen molar-refractivity contribution in [3.8, 4) is 11.4 Å². The topological polar surface area (TPSA) is 64.9 Å². The average Bonchev–Trinajstić information content (AvgIpc) is 2.84. The Morgan fingerprint density at radius 2 is 2.26 bits per heavy atom. The molecule has 102 valence electrons. The molecule has 2 N–H and O–H groups in total. The molecule has 7 heteroatoms. The number of aromatic nitrogens is 2. The zero-order valence-corrected chi connectivity index (χ0v) is 12.7. The third-order valence-corrected chi connectivity index (χ3v) is 3.61. The van der Waals surface area contributed by atoms with Gasteiger partial charge in [0.15, 0.2) is 0 Å². The molecular formula is C12H13BrFN3OS. The van der Waals surface area contributed by atoms with Crippen LogP contribution in [0.4, 0.5) is 4.39 Å². The Kier molecular flexibility index (Phi) is 4.95. The molecule has 1 aromatic carbocycles. The number of rotatable bonds is 5. The molecule has 0 fully saturated rings. The minimum atomic E-state index is -0.359. The summed E-state index contributed by atoms with van der Waals surface area (Å²) < 4.78 is 19.1. The Hall–Kier alpha value is -0.920. The zero-order chi connectivity index (χ0) is 13.8. The van der Waals surface area contributed by atoms with Crippen LogP contribution in [0.1, 0.15) is 18.4 Å². The van der Waals surface area contributed by atoms with E-state index in [1.165, 1.54) is 12.1 Å². The lowest BCUT2D eigenvalue weighted by atomic mass is 10.2. The zero-order valence-electron chi connectivity index (χ0n) is 10.3. The third kappa shape index (κ3) is 3.77. The number of benzene rings is 1. The second-order valence-corrected chi connectivity index (χ2v) is 5.90. The fraction of sp³-hybridized carbons (Fsp3) is 0.333. The summed E-state index contributed by atoms with van der Waals surface area (Å²) in [5.41, 5.74) is 6.49. The van der Waals surface area contributed by atoms with Gasteiger partial charge >= 0.3 is 0 Å². The van der Waals surface area contributed by atoms with Crippen molar-refractivity contribution < 1.29 is 8.91 Å². The van der Waals surface area contributed by atoms with E-state index in [0.29, 0.717) is 21.8 Å². The number of nitrogens with two attached hydrogens (primary N) is 1. The normalized spacial score (nSPS) is 12.6. The molecule has 1 aromatic heterocycles. The molecule has 1 atom stereocenters. The van der Waals surface area contributed by atoms with Gasteiger partial charge in [0.05, 0.1) is 6.04 Å². The highest BCUT2D eigenvalue weighted by molar-refractivity contribution is 9.10. The number of hydrogen-bond acceptors (Lipinski definition) is 5. The largest absolute Gasteiger partial charge is 0.337 e. The smallest absolute Gasteiger partial charge is 0.243 e. The van der Waals surface area contributed by atoms with Gasteiger partial charge in [0.2, 0.25) is 11.7 Å². The lowest BCUT2D eigenvalue weighted by molar-refractivity contribution is 0.353. The van der Waals surface area contributed by atoms with Crippen LogP contribution in [0.3, 0.4) is 0 Å². The molecule has 0 aliphatic rings. The summed E-state index contributed by atoms with van der Waals surface area (Å²) in [6.07, 6.45) is 2.77. The van der Waals surface area contributed by atoms with E-state index in [2.05, 4.69) is 26.1 Å². The molecule has 0 amide bonds. The van der Waals surface area contributed by atoms with Gasteiger partial charge in [0.25, 0.3) is 0 Å². The SMILES string of the molecule is CSCC[C@@H](N)c1nc(-c2cc(F)cc(Br)c2)no1. The Bertz CT molecular complexity index is 543. The van der Waals surface area contributed by atoms with Crippen LogP contribution in [-0.4, -0.2) is 22.1 Å². The fourth-order valence-electron chi connectivity index (χ4n) is 1.55. The van der Waals surface area contributed by atoms with Crippen LogP contribution in [0.2, 0.25) is 0 Å². The highest BCUT2D eigenvalue weighted by atomic mass is 79.9. The molecule has 0 unspecified atom stereocenters. The molecule has 0 radical (unpaired) electrons. The van der Waals surface area contributed by atoms with E-state index in [4.69, 9.17) is 10.3 Å². The first-order valence-corrected chi connectivity index (χ1v) is 7.83. The lowest BCUT2D eigenvalue weighted by Gasteiger charge is -2.03. The molecule has 4 nitrogen and oxygen atoms in total. The standard InChI is InChI=1S/C12H13BrFN3OS/c1-19-3-2-10(15)12-16-11(17-18-12)7-4-8(13)6-9(14)5-7/h4-6,10H,2-3,15H2,1H3/t10-/m1/s1. The van der Waals surface area contributed by atoms with Crippen molar-refractivity contribution in [2.75, 3.05) is 12.0 Å². The summed E-state index contributed by atoms with van der Waals surface area (Å²) in [4.78, 5) is 4.22. The van der Waals surface area contributed by atoms with E-state index in [1.54, 1.807) is 17.8 Å². The van der Waals surface area contributed by atoms with Crippen LogP contribution in [0.25, 0.3) is 11.4 Å². The van der Waals surface area contributed by atoms with Crippen molar-refractivity contribution in [1.82, 2.24) is 10.1 Å². The second-order valence-electron chi connectivity index (χ2n) is 4.00. The minimum absolute atomic E-state index is 0.286. The van der Waals surface area contributed by atoms with E-state index in [0.717, 1.165) is 12.2 Å². The first-order valence-electron chi connectivity index (χ1n) is 5.64. The van der Waals surface area contributed by atoms with Crippen molar-refractivity contribution in [1.29, 1.82) is 0 Å². The molecule has 0 aliphatic carbocycles. The van der Waals surface area contributed by atoms with Crippen LogP contribution in [0, 0.1) is 5.82 Å². The quantitative estimate of drug-likeness (QED) is 0.899. The monoisotopic (exact) mass is 345 g/mol. The van der Waals surface area contributed by atoms with Gasteiger partial charge in [-0.3, -0.25) is 0 Å². The Morgan fingerprint density at radius 3 is 2.95 bits per heavy atom. The Labute approximate surface area is 123 Å². The van der Waals surface area contributed by atoms with Crippen LogP contribution in [0.15, 0.2) is 27.2 Å². The van der Waals surface area contributed by atoms with Crippen molar-refractivity contribution >= 4 is 27.7 Å². The van der Waals surface area contributed by atoms with Gasteiger partial charge < -0.3 is 10.3 Å². The maximum Gasteiger partial charge on any atom is 0.243 e. The van der Waals surface area contributed by atoms with Crippen molar-refractivity contribution in [3.63, 3.8) is 0 Å². The number of nitrogens with zero attached hydrogens (tertiary/aromatic N) is 2. The minimum Gasteiger partial charge on any atom is -0.337 e. The van der Waals surface area contributed by atoms with E-state index < -0.39 is 0 Å². The maximum atomic E-state index is 13.3. The molecule has 2 rings (SSSR count). The first kappa shape index (κ1) is 14.5. The van der Waals surface area contributed by atoms with Gasteiger partial charge in [-0.2, -0.15) is 16.7 Å². The molecule has 19 heavy (non-hydrogen) atoms. The summed E-state index contributed by atoms with van der Waals surface area (Å²) in [5.74, 6) is 1.28. The number of hydrogen-bond donors (Lipinski definition) is 1. The third-order valence-electron chi connectivity index (χ3n) is 2.51. The maximum absolute atomic E-state index is 13.3. The van der Waals surface area contributed by atoms with Gasteiger partial charge in [0, 0.05) is 10.0 Å². The molecule has 0 saturated carbocycles. The van der Waals surface area contributed by atoms with Gasteiger partial charge in [-0.1, -0.05) is 21.1 Å². The van der Waals surface area contributed by atoms with Crippen LogP contribution >= 0.6 is 27.7 Å². The summed E-state index contributed by atoms with van der Waals surface area (Å²) in [6.45, 7) is 0. The predicted molar refractivity (Wildman–Crippen MR) is 77.3 cm³/mol. The fourth-order valence-corrected chi connectivity index (χ4v) is 2.51. The summed E-state index contributed by atoms with van der Waals surface area (Å²) in [6, 6.07) is 4.16. The van der Waals surface area contributed by atoms with E-state index in [9.17, 15) is 4.39 Å². The highest BCUT2D eigenvalue weighted by Gasteiger charge is 2.16. The van der Waals surface area contributed by atoms with E-state index in [1.807, 2.05) is 6.26 Å². The summed E-state index contributed by atoms with van der Waals surface area (Å²) in [5, 5.41) is 3.84. The molecule has 2 aromatic rings. The second kappa shape index (κ2) is 6.49. The van der Waals surface area contributed by atoms with E-state index >= 15 is 0 Å². The summed E-state index contributed by atoms with van der Waals surface area (Å²) in [7, 11) is 0. The summed E-state index contributed by atoms with van der Waals surface area (Å²) >= 11 is 4.93. The molecule has 0 bridgehead atoms. The van der Waals surface area contributed by atoms with Crippen LogP contribution < -0.4 is 5.73 Å². The van der Waals surface area contributed by atoms with Crippen molar-refractivity contribution in [3.05, 3.63) is 34.4 Å². The highest BCUT2D eigenvalue weighted by Crippen LogP contribution is 2.24. The number of thioether (sulfide) groups is 1. The van der Waals surface area contributed by atoms with Crippen LogP contribution in [0.5, 0.6) is 0 Å². The molecule has 0 spiro atoms. The Morgan fingerprint density at radius 1 is 1.47 bits per heavy atom. The lowest BCUT2D eigenvalue weighted by Crippen LogP contribution is -2.11. The van der Waals surface area contributed by atoms with Crippen LogP contribution in [-0.2, 0) is 0 Å². The average molecular weight is 346 g/mol. The molecule has 0 aliphatic heterocycles. The van der Waals surface area contributed by atoms with Gasteiger partial charge in [0.1, 0.15) is 5.82 Å². The number of halogens is 2. The molecular weight excluding hydrogens is 333 g/mol. The van der Waals surface area contributed by atoms with Crippen molar-refractivity contribution in [2.45, 2.75) is 12.5 Å². The molecule has 0 saturated heterocycles. The van der Waals surface area contributed by atoms with Gasteiger partial charge in [-0.15, -0.1) is 0 Å². The van der Waals surface area contributed by atoms with Gasteiger partial charge in [-0.25, -0.2) is 4.39 Å².